The summed E-state index contributed by atoms with van der Waals surface area (Å²) in [6.07, 6.45) is 8.05. The summed E-state index contributed by atoms with van der Waals surface area (Å²) in [6.45, 7) is 1.08. The molecule has 0 radical (unpaired) electrons. The van der Waals surface area contributed by atoms with Crippen LogP contribution in [-0.2, 0) is 6.54 Å². The van der Waals surface area contributed by atoms with Crippen LogP contribution >= 0.6 is 0 Å². The number of carbonyl (C=O) groups excluding carboxylic acids is 2. The highest BCUT2D eigenvalue weighted by molar-refractivity contribution is 5.97. The summed E-state index contributed by atoms with van der Waals surface area (Å²) >= 11 is 0. The van der Waals surface area contributed by atoms with Crippen LogP contribution < -0.4 is 15.4 Å². The molecule has 0 fully saturated rings. The lowest BCUT2D eigenvalue weighted by Gasteiger charge is -2.13. The second kappa shape index (κ2) is 10.5. The van der Waals surface area contributed by atoms with E-state index in [4.69, 9.17) is 4.74 Å². The zero-order chi connectivity index (χ0) is 20.5. The van der Waals surface area contributed by atoms with Gasteiger partial charge in [-0.2, -0.15) is 0 Å². The minimum atomic E-state index is -0.169. The summed E-state index contributed by atoms with van der Waals surface area (Å²) in [5.41, 5.74) is 3.53. The SMILES string of the molecule is COc1ccc(CNC(=O)c2ccc(C(=O)NCCC3=CCCCC3)cc2)cc1. The summed E-state index contributed by atoms with van der Waals surface area (Å²) < 4.78 is 5.13. The molecule has 1 aliphatic rings. The molecule has 2 N–H and O–H groups in total. The number of amides is 2. The highest BCUT2D eigenvalue weighted by atomic mass is 16.5. The second-order valence-electron chi connectivity index (χ2n) is 7.22. The molecule has 0 aliphatic heterocycles. The molecule has 2 amide bonds. The second-order valence-corrected chi connectivity index (χ2v) is 7.22. The normalized spacial score (nSPS) is 13.3. The van der Waals surface area contributed by atoms with Crippen molar-refractivity contribution in [1.29, 1.82) is 0 Å². The van der Waals surface area contributed by atoms with Gasteiger partial charge in [-0.05, 0) is 74.1 Å². The van der Waals surface area contributed by atoms with Gasteiger partial charge in [-0.25, -0.2) is 0 Å². The van der Waals surface area contributed by atoms with Gasteiger partial charge in [0, 0.05) is 24.2 Å². The predicted molar refractivity (Wildman–Crippen MR) is 114 cm³/mol. The zero-order valence-corrected chi connectivity index (χ0v) is 16.9. The first kappa shape index (κ1) is 20.6. The van der Waals surface area contributed by atoms with Gasteiger partial charge in [-0.3, -0.25) is 9.59 Å². The van der Waals surface area contributed by atoms with Crippen LogP contribution in [0.15, 0.2) is 60.2 Å². The summed E-state index contributed by atoms with van der Waals surface area (Å²) in [5.74, 6) is 0.507. The van der Waals surface area contributed by atoms with E-state index < -0.39 is 0 Å². The Hall–Kier alpha value is -3.08. The van der Waals surface area contributed by atoms with Gasteiger partial charge in [-0.15, -0.1) is 0 Å². The van der Waals surface area contributed by atoms with Crippen LogP contribution in [0, 0.1) is 0 Å². The number of hydrogen-bond acceptors (Lipinski definition) is 3. The number of allylic oxidation sites excluding steroid dienone is 1. The topological polar surface area (TPSA) is 67.4 Å². The highest BCUT2D eigenvalue weighted by Crippen LogP contribution is 2.19. The average molecular weight is 392 g/mol. The molecule has 2 aromatic rings. The standard InChI is InChI=1S/C24H28N2O3/c1-29-22-13-7-19(8-14-22)17-26-24(28)21-11-9-20(10-12-21)23(27)25-16-15-18-5-3-2-4-6-18/h5,7-14H,2-4,6,15-17H2,1H3,(H,25,27)(H,26,28). The van der Waals surface area contributed by atoms with E-state index in [1.807, 2.05) is 24.3 Å². The van der Waals surface area contributed by atoms with Crippen LogP contribution in [-0.4, -0.2) is 25.5 Å². The van der Waals surface area contributed by atoms with Crippen molar-refractivity contribution in [2.75, 3.05) is 13.7 Å². The largest absolute Gasteiger partial charge is 0.497 e. The van der Waals surface area contributed by atoms with E-state index in [-0.39, 0.29) is 11.8 Å². The maximum absolute atomic E-state index is 12.3. The average Bonchev–Trinajstić information content (AvgIpc) is 2.78. The first-order valence-electron chi connectivity index (χ1n) is 10.1. The molecule has 0 aromatic heterocycles. The Kier molecular flexibility index (Phi) is 7.45. The first-order chi connectivity index (χ1) is 14.2. The summed E-state index contributed by atoms with van der Waals surface area (Å²) in [4.78, 5) is 24.6. The molecule has 3 rings (SSSR count). The van der Waals surface area contributed by atoms with Crippen LogP contribution in [0.2, 0.25) is 0 Å². The minimum Gasteiger partial charge on any atom is -0.497 e. The van der Waals surface area contributed by atoms with Crippen LogP contribution in [0.4, 0.5) is 0 Å². The number of carbonyl (C=O) groups is 2. The number of methoxy groups -OCH3 is 1. The first-order valence-corrected chi connectivity index (χ1v) is 10.1. The highest BCUT2D eigenvalue weighted by Gasteiger charge is 2.10. The lowest BCUT2D eigenvalue weighted by atomic mass is 9.97. The third-order valence-electron chi connectivity index (χ3n) is 5.14. The van der Waals surface area contributed by atoms with E-state index in [1.165, 1.54) is 18.4 Å². The van der Waals surface area contributed by atoms with Gasteiger partial charge < -0.3 is 15.4 Å². The van der Waals surface area contributed by atoms with Gasteiger partial charge in [0.1, 0.15) is 5.75 Å². The maximum Gasteiger partial charge on any atom is 0.251 e. The molecule has 29 heavy (non-hydrogen) atoms. The Labute approximate surface area is 172 Å². The summed E-state index contributed by atoms with van der Waals surface area (Å²) in [6, 6.07) is 14.3. The minimum absolute atomic E-state index is 0.105. The molecule has 0 unspecified atom stereocenters. The molecule has 0 saturated carbocycles. The third kappa shape index (κ3) is 6.21. The fourth-order valence-electron chi connectivity index (χ4n) is 3.37. The van der Waals surface area contributed by atoms with Crippen molar-refractivity contribution in [3.8, 4) is 5.75 Å². The van der Waals surface area contributed by atoms with Gasteiger partial charge in [-0.1, -0.05) is 23.8 Å². The Balaban J connectivity index is 1.45. The van der Waals surface area contributed by atoms with E-state index in [1.54, 1.807) is 31.4 Å². The van der Waals surface area contributed by atoms with E-state index in [0.29, 0.717) is 24.2 Å². The summed E-state index contributed by atoms with van der Waals surface area (Å²) in [7, 11) is 1.62. The quantitative estimate of drug-likeness (QED) is 0.660. The monoisotopic (exact) mass is 392 g/mol. The van der Waals surface area contributed by atoms with E-state index >= 15 is 0 Å². The van der Waals surface area contributed by atoms with Crippen molar-refractivity contribution < 1.29 is 14.3 Å². The molecule has 5 heteroatoms. The third-order valence-corrected chi connectivity index (χ3v) is 5.14. The molecule has 5 nitrogen and oxygen atoms in total. The molecule has 1 aliphatic carbocycles. The van der Waals surface area contributed by atoms with Crippen LogP contribution in [0.3, 0.4) is 0 Å². The van der Waals surface area contributed by atoms with Crippen molar-refractivity contribution in [1.82, 2.24) is 10.6 Å². The zero-order valence-electron chi connectivity index (χ0n) is 16.9. The van der Waals surface area contributed by atoms with E-state index in [2.05, 4.69) is 16.7 Å². The number of nitrogens with one attached hydrogen (secondary N) is 2. The Morgan fingerprint density at radius 3 is 2.14 bits per heavy atom. The van der Waals surface area contributed by atoms with Gasteiger partial charge in [0.15, 0.2) is 0 Å². The number of hydrogen-bond donors (Lipinski definition) is 2. The molecular weight excluding hydrogens is 364 g/mol. The van der Waals surface area contributed by atoms with Crippen molar-refractivity contribution in [3.63, 3.8) is 0 Å². The Morgan fingerprint density at radius 1 is 0.897 bits per heavy atom. The van der Waals surface area contributed by atoms with Crippen LogP contribution in [0.5, 0.6) is 5.75 Å². The molecular formula is C24H28N2O3. The Bertz CT molecular complexity index is 855. The molecule has 0 heterocycles. The van der Waals surface area contributed by atoms with Crippen molar-refractivity contribution in [2.24, 2.45) is 0 Å². The summed E-state index contributed by atoms with van der Waals surface area (Å²) in [5, 5.41) is 5.85. The van der Waals surface area contributed by atoms with Crippen LogP contribution in [0.1, 0.15) is 58.4 Å². The molecule has 152 valence electrons. The van der Waals surface area contributed by atoms with Crippen molar-refractivity contribution in [2.45, 2.75) is 38.6 Å². The number of ether oxygens (including phenoxy) is 1. The lowest BCUT2D eigenvalue weighted by Crippen LogP contribution is -2.25. The molecule has 0 saturated heterocycles. The Morgan fingerprint density at radius 2 is 1.55 bits per heavy atom. The van der Waals surface area contributed by atoms with E-state index in [0.717, 1.165) is 30.6 Å². The van der Waals surface area contributed by atoms with Gasteiger partial charge >= 0.3 is 0 Å². The van der Waals surface area contributed by atoms with Crippen LogP contribution in [0.25, 0.3) is 0 Å². The fraction of sp³-hybridized carbons (Fsp3) is 0.333. The van der Waals surface area contributed by atoms with Crippen molar-refractivity contribution >= 4 is 11.8 Å². The van der Waals surface area contributed by atoms with Crippen molar-refractivity contribution in [3.05, 3.63) is 76.9 Å². The van der Waals surface area contributed by atoms with Gasteiger partial charge in [0.05, 0.1) is 7.11 Å². The maximum atomic E-state index is 12.3. The molecule has 2 aromatic carbocycles. The molecule has 0 bridgehead atoms. The molecule has 0 atom stereocenters. The molecule has 0 spiro atoms. The predicted octanol–water partition coefficient (Wildman–Crippen LogP) is 4.25. The smallest absolute Gasteiger partial charge is 0.251 e. The van der Waals surface area contributed by atoms with Gasteiger partial charge in [0.2, 0.25) is 0 Å². The number of rotatable bonds is 8. The van der Waals surface area contributed by atoms with E-state index in [9.17, 15) is 9.59 Å². The number of benzene rings is 2. The lowest BCUT2D eigenvalue weighted by molar-refractivity contribution is 0.0940. The van der Waals surface area contributed by atoms with Gasteiger partial charge in [0.25, 0.3) is 11.8 Å². The fourth-order valence-corrected chi connectivity index (χ4v) is 3.37.